The van der Waals surface area contributed by atoms with Gasteiger partial charge in [0, 0.05) is 19.5 Å². The monoisotopic (exact) mass is 648 g/mol. The Balaban J connectivity index is 1.35. The summed E-state index contributed by atoms with van der Waals surface area (Å²) in [5.41, 5.74) is 9.46. The Bertz CT molecular complexity index is 1760. The Labute approximate surface area is 280 Å². The summed E-state index contributed by atoms with van der Waals surface area (Å²) in [7, 11) is 0. The van der Waals surface area contributed by atoms with Crippen LogP contribution in [-0.4, -0.2) is 0 Å². The normalized spacial score (nSPS) is 11.6. The van der Waals surface area contributed by atoms with Crippen LogP contribution in [0.15, 0.2) is 167 Å². The SMILES string of the molecule is c1csc(-c2ccc(C(c3ccc(-c4cccs4)cc3)(c3ccc(-c4cccs4)cc3)c3ccc(-c4cccs4)cc3)cc2)c1. The van der Waals surface area contributed by atoms with Gasteiger partial charge >= 0.3 is 0 Å². The van der Waals surface area contributed by atoms with Gasteiger partial charge in [0.1, 0.15) is 0 Å². The molecule has 0 radical (unpaired) electrons. The van der Waals surface area contributed by atoms with Gasteiger partial charge in [-0.1, -0.05) is 121 Å². The summed E-state index contributed by atoms with van der Waals surface area (Å²) in [6.07, 6.45) is 0. The first-order valence-corrected chi connectivity index (χ1v) is 18.4. The van der Waals surface area contributed by atoms with Gasteiger partial charge in [-0.05, 0) is 90.3 Å². The first-order chi connectivity index (χ1) is 22.3. The second kappa shape index (κ2) is 12.2. The lowest BCUT2D eigenvalue weighted by Crippen LogP contribution is -2.31. The van der Waals surface area contributed by atoms with E-state index in [1.807, 2.05) is 0 Å². The molecule has 0 aliphatic rings. The van der Waals surface area contributed by atoms with Gasteiger partial charge in [-0.3, -0.25) is 0 Å². The van der Waals surface area contributed by atoms with Crippen LogP contribution in [0.25, 0.3) is 41.8 Å². The van der Waals surface area contributed by atoms with Crippen LogP contribution in [0.5, 0.6) is 0 Å². The zero-order valence-corrected chi connectivity index (χ0v) is 27.6. The Hall–Kier alpha value is -4.32. The van der Waals surface area contributed by atoms with E-state index in [-0.39, 0.29) is 0 Å². The summed E-state index contributed by atoms with van der Waals surface area (Å²) < 4.78 is 0. The molecule has 0 aliphatic carbocycles. The van der Waals surface area contributed by atoms with Crippen LogP contribution < -0.4 is 0 Å². The van der Waals surface area contributed by atoms with Crippen molar-refractivity contribution in [3.63, 3.8) is 0 Å². The second-order valence-corrected chi connectivity index (χ2v) is 14.8. The molecular formula is C41H28S4. The van der Waals surface area contributed by atoms with Crippen LogP contribution in [0.4, 0.5) is 0 Å². The maximum absolute atomic E-state index is 2.34. The van der Waals surface area contributed by atoms with Gasteiger partial charge in [-0.15, -0.1) is 45.3 Å². The number of hydrogen-bond donors (Lipinski definition) is 0. The first-order valence-electron chi connectivity index (χ1n) is 14.9. The van der Waals surface area contributed by atoms with E-state index in [0.717, 1.165) is 0 Å². The largest absolute Gasteiger partial charge is 0.144 e. The molecule has 0 N–H and O–H groups in total. The number of benzene rings is 4. The Kier molecular flexibility index (Phi) is 7.66. The van der Waals surface area contributed by atoms with Crippen molar-refractivity contribution in [1.82, 2.24) is 0 Å². The maximum Gasteiger partial charge on any atom is 0.0701 e. The molecule has 0 saturated carbocycles. The molecule has 8 rings (SSSR count). The minimum atomic E-state index is -0.524. The summed E-state index contributed by atoms with van der Waals surface area (Å²) in [5.74, 6) is 0. The van der Waals surface area contributed by atoms with E-state index in [0.29, 0.717) is 0 Å². The molecule has 4 heterocycles. The zero-order valence-electron chi connectivity index (χ0n) is 24.3. The zero-order chi connectivity index (χ0) is 30.1. The van der Waals surface area contributed by atoms with Crippen LogP contribution in [0.2, 0.25) is 0 Å². The van der Waals surface area contributed by atoms with Crippen molar-refractivity contribution in [1.29, 1.82) is 0 Å². The molecule has 45 heavy (non-hydrogen) atoms. The van der Waals surface area contributed by atoms with Crippen LogP contribution in [0, 0.1) is 0 Å². The van der Waals surface area contributed by atoms with Crippen molar-refractivity contribution in [3.05, 3.63) is 189 Å². The second-order valence-electron chi connectivity index (χ2n) is 11.0. The van der Waals surface area contributed by atoms with Crippen molar-refractivity contribution in [2.24, 2.45) is 0 Å². The molecule has 0 atom stereocenters. The molecule has 4 heteroatoms. The number of hydrogen-bond acceptors (Lipinski definition) is 4. The van der Waals surface area contributed by atoms with Crippen molar-refractivity contribution in [3.8, 4) is 41.8 Å². The van der Waals surface area contributed by atoms with Crippen LogP contribution >= 0.6 is 45.3 Å². The molecule has 216 valence electrons. The minimum absolute atomic E-state index is 0.524. The third-order valence-corrected chi connectivity index (χ3v) is 12.2. The lowest BCUT2D eigenvalue weighted by Gasteiger charge is -2.37. The Morgan fingerprint density at radius 3 is 0.667 bits per heavy atom. The van der Waals surface area contributed by atoms with Gasteiger partial charge in [-0.25, -0.2) is 0 Å². The van der Waals surface area contributed by atoms with Gasteiger partial charge < -0.3 is 0 Å². The predicted molar refractivity (Wildman–Crippen MR) is 198 cm³/mol. The highest BCUT2D eigenvalue weighted by Crippen LogP contribution is 2.47. The van der Waals surface area contributed by atoms with Gasteiger partial charge in [0.2, 0.25) is 0 Å². The van der Waals surface area contributed by atoms with E-state index in [2.05, 4.69) is 167 Å². The summed E-state index contributed by atoms with van der Waals surface area (Å²) >= 11 is 7.13. The molecule has 0 amide bonds. The van der Waals surface area contributed by atoms with Gasteiger partial charge in [0.15, 0.2) is 0 Å². The minimum Gasteiger partial charge on any atom is -0.144 e. The van der Waals surface area contributed by atoms with Gasteiger partial charge in [0.05, 0.1) is 5.41 Å². The predicted octanol–water partition coefficient (Wildman–Crippen LogP) is 13.0. The summed E-state index contributed by atoms with van der Waals surface area (Å²) in [5, 5.41) is 8.58. The molecular weight excluding hydrogens is 621 g/mol. The third-order valence-electron chi connectivity index (χ3n) is 8.49. The van der Waals surface area contributed by atoms with E-state index in [9.17, 15) is 0 Å². The highest BCUT2D eigenvalue weighted by atomic mass is 32.1. The molecule has 0 nitrogen and oxygen atoms in total. The van der Waals surface area contributed by atoms with E-state index < -0.39 is 5.41 Å². The molecule has 0 spiro atoms. The lowest BCUT2D eigenvalue weighted by molar-refractivity contribution is 0.745. The van der Waals surface area contributed by atoms with Crippen molar-refractivity contribution in [2.75, 3.05) is 0 Å². The summed E-state index contributed by atoms with van der Waals surface area (Å²) in [6.45, 7) is 0. The standard InChI is InChI=1S/C41H28S4/c1-5-37(42-25-1)29-9-17-33(18-10-29)41(34-19-11-30(12-20-34)38-6-2-26-43-38,35-21-13-31(14-22-35)39-7-3-27-44-39)36-23-15-32(16-24-36)40-8-4-28-45-40/h1-28H. The van der Waals surface area contributed by atoms with Gasteiger partial charge in [0.25, 0.3) is 0 Å². The van der Waals surface area contributed by atoms with E-state index in [1.165, 1.54) is 64.0 Å². The quantitative estimate of drug-likeness (QED) is 0.144. The molecule has 0 unspecified atom stereocenters. The van der Waals surface area contributed by atoms with E-state index in [4.69, 9.17) is 0 Å². The number of thiophene rings is 4. The topological polar surface area (TPSA) is 0 Å². The van der Waals surface area contributed by atoms with Crippen LogP contribution in [0.1, 0.15) is 22.3 Å². The lowest BCUT2D eigenvalue weighted by atomic mass is 9.64. The summed E-state index contributed by atoms with van der Waals surface area (Å²) in [6, 6.07) is 54.3. The molecule has 0 saturated heterocycles. The highest BCUT2D eigenvalue weighted by molar-refractivity contribution is 7.14. The highest BCUT2D eigenvalue weighted by Gasteiger charge is 2.38. The van der Waals surface area contributed by atoms with Crippen LogP contribution in [0.3, 0.4) is 0 Å². The van der Waals surface area contributed by atoms with Crippen molar-refractivity contribution in [2.45, 2.75) is 5.41 Å². The number of rotatable bonds is 8. The fourth-order valence-corrected chi connectivity index (χ4v) is 9.24. The molecule has 0 bridgehead atoms. The average molecular weight is 649 g/mol. The van der Waals surface area contributed by atoms with Crippen molar-refractivity contribution < 1.29 is 0 Å². The van der Waals surface area contributed by atoms with Crippen molar-refractivity contribution >= 4 is 45.3 Å². The Morgan fingerprint density at radius 2 is 0.489 bits per heavy atom. The van der Waals surface area contributed by atoms with Gasteiger partial charge in [-0.2, -0.15) is 0 Å². The molecule has 0 fully saturated rings. The molecule has 0 aliphatic heterocycles. The molecule has 4 aromatic carbocycles. The third kappa shape index (κ3) is 5.24. The molecule has 8 aromatic rings. The van der Waals surface area contributed by atoms with E-state index in [1.54, 1.807) is 45.3 Å². The summed E-state index contributed by atoms with van der Waals surface area (Å²) in [4.78, 5) is 5.14. The molecule has 4 aromatic heterocycles. The first kappa shape index (κ1) is 28.2. The maximum atomic E-state index is 2.34. The smallest absolute Gasteiger partial charge is 0.0701 e. The fourth-order valence-electron chi connectivity index (χ4n) is 6.31. The Morgan fingerprint density at radius 1 is 0.267 bits per heavy atom. The fraction of sp³-hybridized carbons (Fsp3) is 0.0244. The van der Waals surface area contributed by atoms with E-state index >= 15 is 0 Å². The average Bonchev–Trinajstić information content (AvgIpc) is 3.95. The van der Waals surface area contributed by atoms with Crippen LogP contribution in [-0.2, 0) is 5.41 Å².